The van der Waals surface area contributed by atoms with Crippen molar-refractivity contribution in [1.29, 1.82) is 0 Å². The normalized spacial score (nSPS) is 11.0. The Balaban J connectivity index is 2.43. The molecular formula is C13H20FNO. The molecule has 2 nitrogen and oxygen atoms in total. The van der Waals surface area contributed by atoms with Gasteiger partial charge in [0.2, 0.25) is 0 Å². The number of unbranched alkanes of at least 4 members (excludes halogenated alkanes) is 2. The summed E-state index contributed by atoms with van der Waals surface area (Å²) in [6, 6.07) is 4.56. The number of nitrogens with zero attached hydrogens (tertiary/aromatic N) is 1. The van der Waals surface area contributed by atoms with Crippen molar-refractivity contribution < 1.29 is 9.50 Å². The van der Waals surface area contributed by atoms with Crippen LogP contribution in [0.3, 0.4) is 0 Å². The Morgan fingerprint density at radius 2 is 2.06 bits per heavy atom. The SMILES string of the molecule is CCCCCN(C)Cc1ccc(O)c(F)c1. The second-order valence-corrected chi connectivity index (χ2v) is 4.23. The first-order valence-electron chi connectivity index (χ1n) is 5.79. The summed E-state index contributed by atoms with van der Waals surface area (Å²) in [6.45, 7) is 3.92. The quantitative estimate of drug-likeness (QED) is 0.752. The number of phenols is 1. The molecule has 3 heteroatoms. The average Bonchev–Trinajstić information content (AvgIpc) is 2.24. The maximum atomic E-state index is 13.1. The Kier molecular flexibility index (Phi) is 5.26. The zero-order valence-corrected chi connectivity index (χ0v) is 10.0. The summed E-state index contributed by atoms with van der Waals surface area (Å²) in [5.74, 6) is -0.822. The summed E-state index contributed by atoms with van der Waals surface area (Å²) in [6.07, 6.45) is 3.61. The van der Waals surface area contributed by atoms with Gasteiger partial charge in [0.05, 0.1) is 0 Å². The van der Waals surface area contributed by atoms with Gasteiger partial charge in [-0.25, -0.2) is 4.39 Å². The van der Waals surface area contributed by atoms with E-state index >= 15 is 0 Å². The maximum Gasteiger partial charge on any atom is 0.165 e. The van der Waals surface area contributed by atoms with Gasteiger partial charge in [-0.05, 0) is 37.7 Å². The fourth-order valence-corrected chi connectivity index (χ4v) is 1.67. The molecule has 16 heavy (non-hydrogen) atoms. The molecule has 0 aliphatic rings. The zero-order chi connectivity index (χ0) is 12.0. The smallest absolute Gasteiger partial charge is 0.165 e. The van der Waals surface area contributed by atoms with Crippen LogP contribution in [0.25, 0.3) is 0 Å². The highest BCUT2D eigenvalue weighted by Gasteiger charge is 2.04. The lowest BCUT2D eigenvalue weighted by Crippen LogP contribution is -2.19. The molecule has 0 aromatic heterocycles. The molecule has 0 bridgehead atoms. The van der Waals surface area contributed by atoms with Crippen molar-refractivity contribution in [1.82, 2.24) is 4.90 Å². The van der Waals surface area contributed by atoms with Crippen molar-refractivity contribution >= 4 is 0 Å². The second-order valence-electron chi connectivity index (χ2n) is 4.23. The predicted octanol–water partition coefficient (Wildman–Crippen LogP) is 3.15. The number of halogens is 1. The van der Waals surface area contributed by atoms with Gasteiger partial charge in [0.15, 0.2) is 11.6 Å². The first-order chi connectivity index (χ1) is 7.63. The van der Waals surface area contributed by atoms with Crippen molar-refractivity contribution in [2.24, 2.45) is 0 Å². The number of hydrogen-bond acceptors (Lipinski definition) is 2. The fraction of sp³-hybridized carbons (Fsp3) is 0.538. The third-order valence-corrected chi connectivity index (χ3v) is 2.61. The number of hydrogen-bond donors (Lipinski definition) is 1. The van der Waals surface area contributed by atoms with Crippen molar-refractivity contribution in [2.45, 2.75) is 32.7 Å². The third kappa shape index (κ3) is 4.19. The summed E-state index contributed by atoms with van der Waals surface area (Å²) in [4.78, 5) is 2.17. The average molecular weight is 225 g/mol. The van der Waals surface area contributed by atoms with E-state index in [1.807, 2.05) is 7.05 Å². The van der Waals surface area contributed by atoms with Crippen molar-refractivity contribution in [2.75, 3.05) is 13.6 Å². The van der Waals surface area contributed by atoms with Gasteiger partial charge < -0.3 is 10.0 Å². The number of aromatic hydroxyl groups is 1. The Morgan fingerprint density at radius 1 is 1.31 bits per heavy atom. The van der Waals surface area contributed by atoms with Gasteiger partial charge in [-0.15, -0.1) is 0 Å². The largest absolute Gasteiger partial charge is 0.505 e. The molecule has 0 heterocycles. The van der Waals surface area contributed by atoms with Crippen LogP contribution in [-0.4, -0.2) is 23.6 Å². The Labute approximate surface area is 96.7 Å². The van der Waals surface area contributed by atoms with Crippen molar-refractivity contribution in [3.8, 4) is 5.75 Å². The molecule has 0 atom stereocenters. The maximum absolute atomic E-state index is 13.1. The number of phenolic OH excluding ortho intramolecular Hbond substituents is 1. The van der Waals surface area contributed by atoms with E-state index in [2.05, 4.69) is 11.8 Å². The van der Waals surface area contributed by atoms with Crippen LogP contribution in [0.4, 0.5) is 4.39 Å². The topological polar surface area (TPSA) is 23.5 Å². The minimum absolute atomic E-state index is 0.280. The van der Waals surface area contributed by atoms with Gasteiger partial charge in [0.1, 0.15) is 0 Å². The highest BCUT2D eigenvalue weighted by molar-refractivity contribution is 5.27. The zero-order valence-electron chi connectivity index (χ0n) is 10.0. The number of benzene rings is 1. The van der Waals surface area contributed by atoms with E-state index in [-0.39, 0.29) is 5.75 Å². The van der Waals surface area contributed by atoms with Crippen LogP contribution in [0.2, 0.25) is 0 Å². The van der Waals surface area contributed by atoms with Crippen LogP contribution >= 0.6 is 0 Å². The molecule has 90 valence electrons. The van der Waals surface area contributed by atoms with Crippen molar-refractivity contribution in [3.63, 3.8) is 0 Å². The Bertz CT molecular complexity index is 328. The lowest BCUT2D eigenvalue weighted by molar-refractivity contribution is 0.317. The van der Waals surface area contributed by atoms with Gasteiger partial charge in [-0.1, -0.05) is 25.8 Å². The molecule has 0 aliphatic carbocycles. The third-order valence-electron chi connectivity index (χ3n) is 2.61. The van der Waals surface area contributed by atoms with Crippen LogP contribution in [-0.2, 0) is 6.54 Å². The molecular weight excluding hydrogens is 205 g/mol. The van der Waals surface area contributed by atoms with E-state index in [0.717, 1.165) is 18.7 Å². The van der Waals surface area contributed by atoms with E-state index in [1.165, 1.54) is 31.4 Å². The van der Waals surface area contributed by atoms with Crippen LogP contribution < -0.4 is 0 Å². The van der Waals surface area contributed by atoms with E-state index < -0.39 is 5.82 Å². The van der Waals surface area contributed by atoms with Gasteiger partial charge in [0.25, 0.3) is 0 Å². The van der Waals surface area contributed by atoms with E-state index in [1.54, 1.807) is 6.07 Å². The number of rotatable bonds is 6. The molecule has 0 saturated heterocycles. The van der Waals surface area contributed by atoms with Crippen LogP contribution in [0.1, 0.15) is 31.7 Å². The fourth-order valence-electron chi connectivity index (χ4n) is 1.67. The van der Waals surface area contributed by atoms with E-state index in [0.29, 0.717) is 0 Å². The lowest BCUT2D eigenvalue weighted by Gasteiger charge is -2.16. The Morgan fingerprint density at radius 3 is 2.69 bits per heavy atom. The molecule has 0 amide bonds. The predicted molar refractivity (Wildman–Crippen MR) is 63.9 cm³/mol. The molecule has 0 saturated carbocycles. The molecule has 1 N–H and O–H groups in total. The Hall–Kier alpha value is -1.09. The second kappa shape index (κ2) is 6.48. The van der Waals surface area contributed by atoms with Crippen LogP contribution in [0.5, 0.6) is 5.75 Å². The van der Waals surface area contributed by atoms with Gasteiger partial charge in [0, 0.05) is 6.54 Å². The summed E-state index contributed by atoms with van der Waals surface area (Å²) < 4.78 is 13.1. The van der Waals surface area contributed by atoms with Gasteiger partial charge in [-0.3, -0.25) is 0 Å². The minimum Gasteiger partial charge on any atom is -0.505 e. The summed E-state index contributed by atoms with van der Waals surface area (Å²) >= 11 is 0. The van der Waals surface area contributed by atoms with Gasteiger partial charge in [-0.2, -0.15) is 0 Å². The van der Waals surface area contributed by atoms with Crippen molar-refractivity contribution in [3.05, 3.63) is 29.6 Å². The van der Waals surface area contributed by atoms with Crippen LogP contribution in [0.15, 0.2) is 18.2 Å². The lowest BCUT2D eigenvalue weighted by atomic mass is 10.2. The molecule has 1 aromatic rings. The standard InChI is InChI=1S/C13H20FNO/c1-3-4-5-8-15(2)10-11-6-7-13(16)12(14)9-11/h6-7,9,16H,3-5,8,10H2,1-2H3. The first kappa shape index (κ1) is 13.0. The molecule has 0 radical (unpaired) electrons. The molecule has 1 aromatic carbocycles. The van der Waals surface area contributed by atoms with E-state index in [4.69, 9.17) is 5.11 Å². The molecule has 1 rings (SSSR count). The summed E-state index contributed by atoms with van der Waals surface area (Å²) in [5.41, 5.74) is 0.897. The summed E-state index contributed by atoms with van der Waals surface area (Å²) in [7, 11) is 2.03. The monoisotopic (exact) mass is 225 g/mol. The molecule has 0 aliphatic heterocycles. The molecule has 0 unspecified atom stereocenters. The molecule has 0 spiro atoms. The highest BCUT2D eigenvalue weighted by Crippen LogP contribution is 2.17. The van der Waals surface area contributed by atoms with Crippen LogP contribution in [0, 0.1) is 5.82 Å². The highest BCUT2D eigenvalue weighted by atomic mass is 19.1. The molecule has 0 fully saturated rings. The van der Waals surface area contributed by atoms with E-state index in [9.17, 15) is 4.39 Å². The minimum atomic E-state index is -0.542. The summed E-state index contributed by atoms with van der Waals surface area (Å²) in [5, 5.41) is 9.06. The first-order valence-corrected chi connectivity index (χ1v) is 5.79. The van der Waals surface area contributed by atoms with Gasteiger partial charge >= 0.3 is 0 Å².